The molecule has 79 heavy (non-hydrogen) atoms. The molecule has 0 bridgehead atoms. The summed E-state index contributed by atoms with van der Waals surface area (Å²) in [5, 5.41) is 9.51. The van der Waals surface area contributed by atoms with Gasteiger partial charge in [0.15, 0.2) is 5.69 Å². The van der Waals surface area contributed by atoms with Crippen molar-refractivity contribution in [2.45, 2.75) is 57.8 Å². The first-order chi connectivity index (χ1) is 38.3. The molecule has 0 N–H and O–H groups in total. The minimum atomic E-state index is -0.215. The summed E-state index contributed by atoms with van der Waals surface area (Å²) >= 11 is 0. The van der Waals surface area contributed by atoms with Gasteiger partial charge in [0.2, 0.25) is 0 Å². The molecule has 0 saturated carbocycles. The molecule has 13 rings (SSSR count). The second-order valence-corrected chi connectivity index (χ2v) is 22.9. The van der Waals surface area contributed by atoms with Crippen LogP contribution in [-0.2, 0) is 16.2 Å². The van der Waals surface area contributed by atoms with E-state index < -0.39 is 0 Å². The van der Waals surface area contributed by atoms with Gasteiger partial charge in [0.1, 0.15) is 0 Å². The van der Waals surface area contributed by atoms with Crippen molar-refractivity contribution in [3.8, 4) is 39.4 Å². The standard InChI is InChI=1S/C75H58N4/c1-73(2)67-42-49(18-20-51-26-38-63-65-40-34-59(46-71(65)74(3,4)69(63)44-51)78(55-14-10-8-11-15-55)57-30-22-53(48-76)23-31-57)24-36-61(67)62-37-25-50(43-68(62)73)19-21-52-27-39-64-66-41-35-60(47-72(66)75(5,6)70(64)45-52)79(56-16-12-9-13-17-56)58-32-28-54(77-7)29-33-58/h8-47H,1-6H3. The highest BCUT2D eigenvalue weighted by molar-refractivity contribution is 5.90. The molecule has 0 fully saturated rings. The molecular weight excluding hydrogens is 957 g/mol. The number of hydrogen-bond acceptors (Lipinski definition) is 3. The van der Waals surface area contributed by atoms with Crippen LogP contribution in [0.25, 0.3) is 62.5 Å². The maximum absolute atomic E-state index is 9.51. The van der Waals surface area contributed by atoms with Gasteiger partial charge >= 0.3 is 0 Å². The highest BCUT2D eigenvalue weighted by Gasteiger charge is 2.39. The third kappa shape index (κ3) is 8.28. The van der Waals surface area contributed by atoms with Gasteiger partial charge in [-0.2, -0.15) is 5.26 Å². The topological polar surface area (TPSA) is 34.6 Å². The zero-order valence-electron chi connectivity index (χ0n) is 45.4. The van der Waals surface area contributed by atoms with Crippen LogP contribution >= 0.6 is 0 Å². The lowest BCUT2D eigenvalue weighted by Gasteiger charge is -2.28. The van der Waals surface area contributed by atoms with Gasteiger partial charge in [-0.15, -0.1) is 0 Å². The molecule has 378 valence electrons. The average Bonchev–Trinajstić information content (AvgIpc) is 4.15. The summed E-state index contributed by atoms with van der Waals surface area (Å²) in [4.78, 5) is 8.19. The molecule has 4 nitrogen and oxygen atoms in total. The zero-order chi connectivity index (χ0) is 54.2. The number of nitriles is 1. The van der Waals surface area contributed by atoms with Crippen molar-refractivity contribution in [1.82, 2.24) is 0 Å². The van der Waals surface area contributed by atoms with E-state index in [9.17, 15) is 5.26 Å². The molecule has 3 aliphatic carbocycles. The molecule has 0 atom stereocenters. The highest BCUT2D eigenvalue weighted by Crippen LogP contribution is 2.54. The van der Waals surface area contributed by atoms with E-state index in [2.05, 4.69) is 244 Å². The van der Waals surface area contributed by atoms with Crippen molar-refractivity contribution < 1.29 is 0 Å². The van der Waals surface area contributed by atoms with Crippen molar-refractivity contribution in [3.63, 3.8) is 0 Å². The Morgan fingerprint density at radius 3 is 0.937 bits per heavy atom. The second-order valence-electron chi connectivity index (χ2n) is 22.9. The first-order valence-corrected chi connectivity index (χ1v) is 27.2. The number of nitrogens with zero attached hydrogens (tertiary/aromatic N) is 4. The summed E-state index contributed by atoms with van der Waals surface area (Å²) in [7, 11) is 0. The van der Waals surface area contributed by atoms with E-state index >= 15 is 0 Å². The van der Waals surface area contributed by atoms with Crippen LogP contribution in [-0.4, -0.2) is 0 Å². The Morgan fingerprint density at radius 1 is 0.342 bits per heavy atom. The molecule has 0 aromatic heterocycles. The number of benzene rings is 10. The summed E-state index contributed by atoms with van der Waals surface area (Å²) in [6.45, 7) is 21.6. The Kier molecular flexibility index (Phi) is 11.6. The normalized spacial score (nSPS) is 14.4. The second kappa shape index (κ2) is 18.8. The molecule has 0 amide bonds. The molecule has 10 aromatic carbocycles. The van der Waals surface area contributed by atoms with Crippen molar-refractivity contribution >= 4 is 64.1 Å². The molecule has 0 aliphatic heterocycles. The number of para-hydroxylation sites is 2. The average molecular weight is 1020 g/mol. The molecule has 0 spiro atoms. The molecule has 0 heterocycles. The summed E-state index contributed by atoms with van der Waals surface area (Å²) in [6, 6.07) is 80.4. The van der Waals surface area contributed by atoms with E-state index in [1.807, 2.05) is 60.7 Å². The van der Waals surface area contributed by atoms with Crippen LogP contribution in [0.3, 0.4) is 0 Å². The lowest BCUT2D eigenvalue weighted by Crippen LogP contribution is -2.16. The van der Waals surface area contributed by atoms with Crippen molar-refractivity contribution in [2.75, 3.05) is 9.80 Å². The predicted molar refractivity (Wildman–Crippen MR) is 330 cm³/mol. The number of rotatable bonds is 10. The van der Waals surface area contributed by atoms with E-state index in [4.69, 9.17) is 6.57 Å². The first kappa shape index (κ1) is 48.9. The van der Waals surface area contributed by atoms with Crippen LogP contribution in [0.4, 0.5) is 39.8 Å². The van der Waals surface area contributed by atoms with Crippen LogP contribution in [0.15, 0.2) is 218 Å². The number of fused-ring (bicyclic) bond motifs is 9. The van der Waals surface area contributed by atoms with Gasteiger partial charge in [0.25, 0.3) is 0 Å². The summed E-state index contributed by atoms with van der Waals surface area (Å²) < 4.78 is 0. The van der Waals surface area contributed by atoms with Crippen LogP contribution in [0.1, 0.15) is 103 Å². The smallest absolute Gasteiger partial charge is 0.187 e. The highest BCUT2D eigenvalue weighted by atomic mass is 15.1. The molecule has 0 radical (unpaired) electrons. The van der Waals surface area contributed by atoms with E-state index in [1.54, 1.807) is 0 Å². The monoisotopic (exact) mass is 1010 g/mol. The Bertz CT molecular complexity index is 3950. The number of hydrogen-bond donors (Lipinski definition) is 0. The maximum atomic E-state index is 9.51. The SMILES string of the molecule is [C-]#[N+]c1ccc(N(c2ccccc2)c2ccc3c(c2)C(C)(C)c2cc(C=Cc4ccc5c(c4)C(C)(C)c4cc(C=Cc6ccc7c(c6)C(C)(C)c6cc(N(c8ccccc8)c8ccc(C#N)cc8)ccc6-7)ccc4-5)ccc2-3)cc1. The molecule has 0 unspecified atom stereocenters. The fraction of sp³-hybridized carbons (Fsp3) is 0.120. The van der Waals surface area contributed by atoms with Gasteiger partial charge in [-0.1, -0.05) is 199 Å². The van der Waals surface area contributed by atoms with Gasteiger partial charge in [-0.05, 0) is 174 Å². The Balaban J connectivity index is 0.728. The Labute approximate surface area is 465 Å². The van der Waals surface area contributed by atoms with Gasteiger partial charge in [-0.3, -0.25) is 0 Å². The van der Waals surface area contributed by atoms with Crippen LogP contribution < -0.4 is 9.80 Å². The quantitative estimate of drug-likeness (QED) is 0.101. The van der Waals surface area contributed by atoms with E-state index in [1.165, 1.54) is 89.0 Å². The summed E-state index contributed by atoms with van der Waals surface area (Å²) in [5.41, 5.74) is 27.5. The third-order valence-corrected chi connectivity index (χ3v) is 17.1. The van der Waals surface area contributed by atoms with E-state index in [0.29, 0.717) is 11.3 Å². The Morgan fingerprint density at radius 2 is 0.620 bits per heavy atom. The van der Waals surface area contributed by atoms with E-state index in [0.717, 1.165) is 34.1 Å². The van der Waals surface area contributed by atoms with Gasteiger partial charge in [-0.25, -0.2) is 4.85 Å². The minimum Gasteiger partial charge on any atom is -0.311 e. The predicted octanol–water partition coefficient (Wildman–Crippen LogP) is 20.3. The van der Waals surface area contributed by atoms with E-state index in [-0.39, 0.29) is 16.2 Å². The maximum Gasteiger partial charge on any atom is 0.187 e. The summed E-state index contributed by atoms with van der Waals surface area (Å²) in [5.74, 6) is 0. The zero-order valence-corrected chi connectivity index (χ0v) is 45.4. The summed E-state index contributed by atoms with van der Waals surface area (Å²) in [6.07, 6.45) is 9.07. The molecular formula is C75H58N4. The molecule has 4 heteroatoms. The van der Waals surface area contributed by atoms with Crippen LogP contribution in [0, 0.1) is 17.9 Å². The molecule has 0 saturated heterocycles. The molecule has 10 aromatic rings. The van der Waals surface area contributed by atoms with Gasteiger partial charge in [0.05, 0.1) is 18.2 Å². The minimum absolute atomic E-state index is 0.170. The Hall–Kier alpha value is -9.74. The first-order valence-electron chi connectivity index (χ1n) is 27.2. The lowest BCUT2D eigenvalue weighted by molar-refractivity contribution is 0.660. The van der Waals surface area contributed by atoms with Gasteiger partial charge < -0.3 is 9.80 Å². The van der Waals surface area contributed by atoms with Crippen LogP contribution in [0.5, 0.6) is 0 Å². The van der Waals surface area contributed by atoms with Crippen molar-refractivity contribution in [3.05, 3.63) is 291 Å². The van der Waals surface area contributed by atoms with Crippen molar-refractivity contribution in [1.29, 1.82) is 5.26 Å². The molecule has 3 aliphatic rings. The third-order valence-electron chi connectivity index (χ3n) is 17.1. The van der Waals surface area contributed by atoms with Crippen molar-refractivity contribution in [2.24, 2.45) is 0 Å². The number of anilines is 6. The fourth-order valence-corrected chi connectivity index (χ4v) is 12.7. The van der Waals surface area contributed by atoms with Gasteiger partial charge in [0, 0.05) is 50.4 Å². The lowest BCUT2D eigenvalue weighted by atomic mass is 9.81. The largest absolute Gasteiger partial charge is 0.311 e. The fourth-order valence-electron chi connectivity index (χ4n) is 12.7. The van der Waals surface area contributed by atoms with Crippen LogP contribution in [0.2, 0.25) is 0 Å².